The second-order valence-electron chi connectivity index (χ2n) is 2.09. The summed E-state index contributed by atoms with van der Waals surface area (Å²) in [6.45, 7) is -0.190. The van der Waals surface area contributed by atoms with Crippen molar-refractivity contribution in [3.8, 4) is 0 Å². The van der Waals surface area contributed by atoms with E-state index in [0.29, 0.717) is 0 Å². The molecule has 1 N–H and O–H groups in total. The number of aliphatic hydroxyl groups excluding tert-OH is 1. The van der Waals surface area contributed by atoms with E-state index in [1.165, 1.54) is 0 Å². The summed E-state index contributed by atoms with van der Waals surface area (Å²) in [6.07, 6.45) is 0. The molecule has 0 saturated heterocycles. The zero-order chi connectivity index (χ0) is 10.0. The number of ketones is 1. The molecule has 0 aliphatic carbocycles. The van der Waals surface area contributed by atoms with Crippen LogP contribution in [-0.4, -0.2) is 33.5 Å². The van der Waals surface area contributed by atoms with Gasteiger partial charge in [0.1, 0.15) is 0 Å². The number of carbonyl (C=O) groups is 1. The van der Waals surface area contributed by atoms with Crippen LogP contribution in [0.1, 0.15) is 0 Å². The van der Waals surface area contributed by atoms with Crippen LogP contribution in [0.25, 0.3) is 0 Å². The van der Waals surface area contributed by atoms with Crippen molar-refractivity contribution in [3.63, 3.8) is 0 Å². The van der Waals surface area contributed by atoms with Crippen LogP contribution in [0.5, 0.6) is 0 Å². The van der Waals surface area contributed by atoms with Gasteiger partial charge < -0.3 is 10.2 Å². The second-order valence-corrected chi connectivity index (χ2v) is 3.59. The third-order valence-electron chi connectivity index (χ3n) is 1.25. The van der Waals surface area contributed by atoms with Crippen molar-refractivity contribution in [2.75, 3.05) is 13.2 Å². The molecule has 1 aliphatic rings. The quantitative estimate of drug-likeness (QED) is 0.548. The maximum absolute atomic E-state index is 11.0. The van der Waals surface area contributed by atoms with Crippen LogP contribution in [0.2, 0.25) is 0 Å². The van der Waals surface area contributed by atoms with Crippen LogP contribution < -0.4 is 5.11 Å². The van der Waals surface area contributed by atoms with Crippen molar-refractivity contribution in [3.05, 3.63) is 10.4 Å². The summed E-state index contributed by atoms with van der Waals surface area (Å²) >= 11 is 5.79. The molecule has 13 heavy (non-hydrogen) atoms. The predicted octanol–water partition coefficient (Wildman–Crippen LogP) is -0.777. The van der Waals surface area contributed by atoms with E-state index in [1.54, 1.807) is 0 Å². The van der Waals surface area contributed by atoms with E-state index in [4.69, 9.17) is 9.94 Å². The van der Waals surface area contributed by atoms with Gasteiger partial charge in [0.05, 0.1) is 6.61 Å². The minimum absolute atomic E-state index is 0.00472. The molecule has 72 valence electrons. The first-order valence-corrected chi connectivity index (χ1v) is 4.86. The van der Waals surface area contributed by atoms with Crippen molar-refractivity contribution in [1.29, 1.82) is 0 Å². The van der Waals surface area contributed by atoms with E-state index in [-0.39, 0.29) is 22.4 Å². The van der Waals surface area contributed by atoms with Gasteiger partial charge in [0.25, 0.3) is 10.4 Å². The summed E-state index contributed by atoms with van der Waals surface area (Å²) in [4.78, 5) is 15.9. The molecular weight excluding hydrogens is 310 g/mol. The van der Waals surface area contributed by atoms with Gasteiger partial charge in [-0.05, 0) is 0 Å². The first kappa shape index (κ1) is 10.7. The number of hydroxylamine groups is 1. The Morgan fingerprint density at radius 2 is 2.15 bits per heavy atom. The number of Topliss-reactive ketones (excluding diaryl/α,β-unsaturated/α-hetero) is 1. The number of rotatable bonds is 3. The van der Waals surface area contributed by atoms with Gasteiger partial charge in [0.15, 0.2) is 6.61 Å². The van der Waals surface area contributed by atoms with Gasteiger partial charge in [0, 0.05) is 42.4 Å². The first-order valence-electron chi connectivity index (χ1n) is 3.27. The highest BCUT2D eigenvalue weighted by Crippen LogP contribution is 2.20. The summed E-state index contributed by atoms with van der Waals surface area (Å²) in [7, 11) is 0. The van der Waals surface area contributed by atoms with E-state index < -0.39 is 11.5 Å². The number of hydrogen-bond donors (Lipinski definition) is 1. The van der Waals surface area contributed by atoms with Crippen LogP contribution in [-0.2, 0) is 9.63 Å². The van der Waals surface area contributed by atoms with Crippen molar-refractivity contribution >= 4 is 42.3 Å². The number of hydrogen-bond acceptors (Lipinski definition) is 4. The van der Waals surface area contributed by atoms with Crippen molar-refractivity contribution in [2.45, 2.75) is 0 Å². The molecule has 0 unspecified atom stereocenters. The van der Waals surface area contributed by atoms with Crippen LogP contribution >= 0.6 is 31.9 Å². The molecule has 1 rings (SSSR count). The van der Waals surface area contributed by atoms with Gasteiger partial charge >= 0.3 is 4.62 Å². The highest BCUT2D eigenvalue weighted by molar-refractivity contribution is 9.19. The summed E-state index contributed by atoms with van der Waals surface area (Å²) in [5.74, 6) is -1.35. The lowest BCUT2D eigenvalue weighted by Crippen LogP contribution is -2.18. The zero-order valence-corrected chi connectivity index (χ0v) is 9.46. The van der Waals surface area contributed by atoms with Gasteiger partial charge in [-0.1, -0.05) is 0 Å². The van der Waals surface area contributed by atoms with E-state index in [2.05, 4.69) is 31.9 Å². The monoisotopic (exact) mass is 313 g/mol. The third-order valence-corrected chi connectivity index (χ3v) is 2.61. The Balaban J connectivity index is 2.88. The average Bonchev–Trinajstić information content (AvgIpc) is 2.30. The number of carbonyl (C=O) groups excluding carboxylic acids is 1. The lowest BCUT2D eigenvalue weighted by atomic mass is 10.4. The molecule has 0 radical (unpaired) electrons. The summed E-state index contributed by atoms with van der Waals surface area (Å²) in [5.41, 5.74) is 0. The Bertz CT molecular complexity index is 310. The standard InChI is InChI=1S/C6H5Br2NO4/c7-5-3(11)4(12)6(8)9(5)13-2-1-10/h10H,1-2H2. The van der Waals surface area contributed by atoms with Gasteiger partial charge in [-0.2, -0.15) is 0 Å². The molecule has 1 aliphatic heterocycles. The average molecular weight is 315 g/mol. The molecule has 0 aromatic rings. The number of nitrogens with zero attached hydrogens (tertiary/aromatic N) is 1. The molecule has 0 saturated carbocycles. The highest BCUT2D eigenvalue weighted by atomic mass is 79.9. The maximum atomic E-state index is 11.0. The van der Waals surface area contributed by atoms with E-state index in [1.807, 2.05) is 0 Å². The molecular formula is C6H5Br2NO4. The van der Waals surface area contributed by atoms with Crippen molar-refractivity contribution < 1.29 is 24.6 Å². The fourth-order valence-corrected chi connectivity index (χ4v) is 1.86. The van der Waals surface area contributed by atoms with E-state index in [9.17, 15) is 9.90 Å². The number of allylic oxidation sites excluding steroid dienone is 1. The van der Waals surface area contributed by atoms with Crippen LogP contribution in [0.3, 0.4) is 0 Å². The largest absolute Gasteiger partial charge is 0.865 e. The fraction of sp³-hybridized carbons (Fsp3) is 0.333. The smallest absolute Gasteiger partial charge is 0.346 e. The molecule has 0 spiro atoms. The maximum Gasteiger partial charge on any atom is 0.346 e. The number of halogens is 2. The van der Waals surface area contributed by atoms with Crippen molar-refractivity contribution in [2.24, 2.45) is 0 Å². The topological polar surface area (TPSA) is 72.6 Å². The molecule has 1 heterocycles. The van der Waals surface area contributed by atoms with E-state index >= 15 is 0 Å². The van der Waals surface area contributed by atoms with E-state index in [0.717, 1.165) is 4.74 Å². The Kier molecular flexibility index (Phi) is 3.46. The van der Waals surface area contributed by atoms with Gasteiger partial charge in [-0.25, -0.2) is 0 Å². The fourth-order valence-electron chi connectivity index (χ4n) is 0.703. The molecule has 0 bridgehead atoms. The Morgan fingerprint density at radius 1 is 1.54 bits per heavy atom. The summed E-state index contributed by atoms with van der Waals surface area (Å²) < 4.78 is 1.02. The minimum atomic E-state index is -0.676. The van der Waals surface area contributed by atoms with Crippen molar-refractivity contribution in [1.82, 2.24) is 0 Å². The van der Waals surface area contributed by atoms with Gasteiger partial charge in [-0.3, -0.25) is 9.63 Å². The third kappa shape index (κ3) is 1.92. The lowest BCUT2D eigenvalue weighted by molar-refractivity contribution is -0.742. The minimum Gasteiger partial charge on any atom is -0.865 e. The van der Waals surface area contributed by atoms with Gasteiger partial charge in [0.2, 0.25) is 0 Å². The molecule has 0 fully saturated rings. The second kappa shape index (κ2) is 4.21. The highest BCUT2D eigenvalue weighted by Gasteiger charge is 2.35. The first-order chi connectivity index (χ1) is 6.09. The Hall–Kier alpha value is -0.400. The summed E-state index contributed by atoms with van der Waals surface area (Å²) in [6, 6.07) is 0. The molecule has 7 heteroatoms. The normalized spacial score (nSPS) is 17.3. The molecule has 0 amide bonds. The zero-order valence-electron chi connectivity index (χ0n) is 6.29. The van der Waals surface area contributed by atoms with Crippen LogP contribution in [0, 0.1) is 0 Å². The predicted molar refractivity (Wildman–Crippen MR) is 48.2 cm³/mol. The molecule has 5 nitrogen and oxygen atoms in total. The molecule has 0 aromatic heterocycles. The Labute approximate surface area is 90.5 Å². The number of aliphatic hydroxyl groups is 1. The van der Waals surface area contributed by atoms with Gasteiger partial charge in [-0.15, -0.1) is 0 Å². The summed E-state index contributed by atoms with van der Waals surface area (Å²) in [5, 5.41) is 19.5. The Morgan fingerprint density at radius 3 is 2.54 bits per heavy atom. The lowest BCUT2D eigenvalue weighted by Gasteiger charge is -1.98. The molecule has 0 atom stereocenters. The SMILES string of the molecule is O=C1C([O-])=C(Br)[N+](OCCO)=C1Br. The molecule has 0 aromatic carbocycles. The van der Waals surface area contributed by atoms with Crippen LogP contribution in [0.15, 0.2) is 10.4 Å². The van der Waals surface area contributed by atoms with Crippen LogP contribution in [0.4, 0.5) is 0 Å².